The molecule has 0 unspecified atom stereocenters. The van der Waals surface area contributed by atoms with E-state index < -0.39 is 11.9 Å². The van der Waals surface area contributed by atoms with Crippen LogP contribution >= 0.6 is 0 Å². The maximum atomic E-state index is 12.6. The molecule has 1 aromatic carbocycles. The summed E-state index contributed by atoms with van der Waals surface area (Å²) in [5.41, 5.74) is 0.685. The van der Waals surface area contributed by atoms with Gasteiger partial charge in [-0.3, -0.25) is 4.79 Å². The van der Waals surface area contributed by atoms with E-state index in [4.69, 9.17) is 9.84 Å². The van der Waals surface area contributed by atoms with E-state index in [0.717, 1.165) is 0 Å². The fourth-order valence-electron chi connectivity index (χ4n) is 1.99. The van der Waals surface area contributed by atoms with Crippen LogP contribution in [0.4, 0.5) is 8.78 Å². The molecule has 0 aliphatic heterocycles. The van der Waals surface area contributed by atoms with E-state index in [1.54, 1.807) is 24.3 Å². The number of carboxylic acid groups (broad SMARTS) is 1. The molecule has 3 nitrogen and oxygen atoms in total. The molecule has 0 radical (unpaired) electrons. The number of halogens is 2. The number of hydrogen-bond acceptors (Lipinski definition) is 2. The summed E-state index contributed by atoms with van der Waals surface area (Å²) in [6, 6.07) is 6.65. The minimum Gasteiger partial charge on any atom is -0.493 e. The molecule has 1 aliphatic rings. The molecular formula is C13H14F2O3. The Morgan fingerprint density at radius 3 is 2.44 bits per heavy atom. The maximum Gasteiger partial charge on any atom is 0.307 e. The summed E-state index contributed by atoms with van der Waals surface area (Å²) in [5.74, 6) is -2.90. The highest BCUT2D eigenvalue weighted by Gasteiger charge is 2.45. The van der Waals surface area contributed by atoms with Crippen molar-refractivity contribution in [2.75, 3.05) is 6.61 Å². The molecule has 2 rings (SSSR count). The van der Waals surface area contributed by atoms with Crippen LogP contribution in [0.25, 0.3) is 0 Å². The van der Waals surface area contributed by atoms with Gasteiger partial charge in [0.1, 0.15) is 5.75 Å². The Morgan fingerprint density at radius 1 is 1.33 bits per heavy atom. The molecule has 0 atom stereocenters. The van der Waals surface area contributed by atoms with Crippen LogP contribution in [-0.2, 0) is 11.2 Å². The molecule has 0 saturated heterocycles. The summed E-state index contributed by atoms with van der Waals surface area (Å²) in [6.07, 6.45) is -0.247. The first kappa shape index (κ1) is 12.8. The first-order chi connectivity index (χ1) is 8.44. The lowest BCUT2D eigenvalue weighted by atomic mass is 9.82. The van der Waals surface area contributed by atoms with Crippen LogP contribution in [0.3, 0.4) is 0 Å². The molecule has 0 spiro atoms. The molecule has 18 heavy (non-hydrogen) atoms. The predicted octanol–water partition coefficient (Wildman–Crippen LogP) is 2.74. The van der Waals surface area contributed by atoms with Crippen molar-refractivity contribution in [3.05, 3.63) is 29.8 Å². The monoisotopic (exact) mass is 256 g/mol. The molecule has 98 valence electrons. The van der Waals surface area contributed by atoms with Gasteiger partial charge in [0, 0.05) is 18.8 Å². The Hall–Kier alpha value is -1.65. The van der Waals surface area contributed by atoms with Gasteiger partial charge in [-0.2, -0.15) is 0 Å². The number of carboxylic acids is 1. The summed E-state index contributed by atoms with van der Waals surface area (Å²) in [4.78, 5) is 10.5. The topological polar surface area (TPSA) is 46.5 Å². The van der Waals surface area contributed by atoms with Crippen LogP contribution in [0.2, 0.25) is 0 Å². The lowest BCUT2D eigenvalue weighted by molar-refractivity contribution is -0.136. The van der Waals surface area contributed by atoms with Gasteiger partial charge in [-0.05, 0) is 17.7 Å². The van der Waals surface area contributed by atoms with Crippen molar-refractivity contribution in [2.45, 2.75) is 25.2 Å². The third-order valence-electron chi connectivity index (χ3n) is 2.94. The highest BCUT2D eigenvalue weighted by molar-refractivity contribution is 5.70. The van der Waals surface area contributed by atoms with Crippen LogP contribution in [0.15, 0.2) is 24.3 Å². The Balaban J connectivity index is 1.78. The summed E-state index contributed by atoms with van der Waals surface area (Å²) in [5, 5.41) is 8.60. The molecule has 1 fully saturated rings. The van der Waals surface area contributed by atoms with Crippen LogP contribution < -0.4 is 4.74 Å². The van der Waals surface area contributed by atoms with E-state index in [2.05, 4.69) is 0 Å². The second kappa shape index (κ2) is 4.92. The molecule has 0 aromatic heterocycles. The molecule has 1 aliphatic carbocycles. The molecular weight excluding hydrogens is 242 g/mol. The van der Waals surface area contributed by atoms with E-state index in [0.29, 0.717) is 11.3 Å². The van der Waals surface area contributed by atoms with Crippen LogP contribution in [-0.4, -0.2) is 23.6 Å². The van der Waals surface area contributed by atoms with Crippen molar-refractivity contribution < 1.29 is 23.4 Å². The Labute approximate surface area is 103 Å². The number of carbonyl (C=O) groups is 1. The fourth-order valence-corrected chi connectivity index (χ4v) is 1.99. The van der Waals surface area contributed by atoms with Gasteiger partial charge in [0.2, 0.25) is 5.92 Å². The van der Waals surface area contributed by atoms with E-state index in [1.807, 2.05) is 0 Å². The normalized spacial score (nSPS) is 18.1. The van der Waals surface area contributed by atoms with Crippen LogP contribution in [0.1, 0.15) is 18.4 Å². The second-order valence-corrected chi connectivity index (χ2v) is 4.66. The molecule has 0 heterocycles. The minimum atomic E-state index is -2.51. The average Bonchev–Trinajstić information content (AvgIpc) is 2.24. The zero-order chi connectivity index (χ0) is 13.2. The average molecular weight is 256 g/mol. The smallest absolute Gasteiger partial charge is 0.307 e. The van der Waals surface area contributed by atoms with Crippen molar-refractivity contribution in [1.82, 2.24) is 0 Å². The highest BCUT2D eigenvalue weighted by Crippen LogP contribution is 2.42. The van der Waals surface area contributed by atoms with Crippen LogP contribution in [0, 0.1) is 5.92 Å². The van der Waals surface area contributed by atoms with Gasteiger partial charge >= 0.3 is 5.97 Å². The number of benzene rings is 1. The summed E-state index contributed by atoms with van der Waals surface area (Å²) in [7, 11) is 0. The van der Waals surface area contributed by atoms with Gasteiger partial charge in [0.05, 0.1) is 13.0 Å². The Morgan fingerprint density at radius 2 is 1.94 bits per heavy atom. The first-order valence-electron chi connectivity index (χ1n) is 5.76. The number of aliphatic carboxylic acids is 1. The largest absolute Gasteiger partial charge is 0.493 e. The van der Waals surface area contributed by atoms with Gasteiger partial charge < -0.3 is 9.84 Å². The van der Waals surface area contributed by atoms with Crippen molar-refractivity contribution in [1.29, 1.82) is 0 Å². The molecule has 5 heteroatoms. The van der Waals surface area contributed by atoms with Crippen molar-refractivity contribution in [2.24, 2.45) is 5.92 Å². The quantitative estimate of drug-likeness (QED) is 0.881. The SMILES string of the molecule is O=C(O)Cc1ccc(OCC2CC(F)(F)C2)cc1. The van der Waals surface area contributed by atoms with Gasteiger partial charge in [0.15, 0.2) is 0 Å². The van der Waals surface area contributed by atoms with Crippen molar-refractivity contribution in [3.8, 4) is 5.75 Å². The van der Waals surface area contributed by atoms with Gasteiger partial charge in [-0.15, -0.1) is 0 Å². The fraction of sp³-hybridized carbons (Fsp3) is 0.462. The molecule has 1 N–H and O–H groups in total. The minimum absolute atomic E-state index is 0.0326. The Bertz CT molecular complexity index is 420. The lowest BCUT2D eigenvalue weighted by Crippen LogP contribution is -2.38. The first-order valence-corrected chi connectivity index (χ1v) is 5.76. The van der Waals surface area contributed by atoms with E-state index in [1.165, 1.54) is 0 Å². The molecule has 1 saturated carbocycles. The van der Waals surface area contributed by atoms with E-state index in [9.17, 15) is 13.6 Å². The van der Waals surface area contributed by atoms with Crippen LogP contribution in [0.5, 0.6) is 5.75 Å². The predicted molar refractivity (Wildman–Crippen MR) is 60.9 cm³/mol. The molecule has 1 aromatic rings. The zero-order valence-electron chi connectivity index (χ0n) is 9.73. The van der Waals surface area contributed by atoms with E-state index >= 15 is 0 Å². The number of alkyl halides is 2. The summed E-state index contributed by atoms with van der Waals surface area (Å²) >= 11 is 0. The maximum absolute atomic E-state index is 12.6. The number of hydrogen-bond donors (Lipinski definition) is 1. The van der Waals surface area contributed by atoms with Gasteiger partial charge in [0.25, 0.3) is 0 Å². The van der Waals surface area contributed by atoms with Gasteiger partial charge in [-0.25, -0.2) is 8.78 Å². The second-order valence-electron chi connectivity index (χ2n) is 4.66. The summed E-state index contributed by atoms with van der Waals surface area (Å²) in [6.45, 7) is 0.286. The third-order valence-corrected chi connectivity index (χ3v) is 2.94. The van der Waals surface area contributed by atoms with E-state index in [-0.39, 0.29) is 31.8 Å². The van der Waals surface area contributed by atoms with Crippen molar-refractivity contribution >= 4 is 5.97 Å². The number of rotatable bonds is 5. The molecule has 0 bridgehead atoms. The molecule has 0 amide bonds. The Kier molecular flexibility index (Phi) is 3.50. The lowest BCUT2D eigenvalue weighted by Gasteiger charge is -2.34. The highest BCUT2D eigenvalue weighted by atomic mass is 19.3. The standard InChI is InChI=1S/C13H14F2O3/c14-13(15)6-10(7-13)8-18-11-3-1-9(2-4-11)5-12(16)17/h1-4,10H,5-8H2,(H,16,17). The van der Waals surface area contributed by atoms with Gasteiger partial charge in [-0.1, -0.05) is 12.1 Å². The number of ether oxygens (including phenoxy) is 1. The zero-order valence-corrected chi connectivity index (χ0v) is 9.73. The third kappa shape index (κ3) is 3.42. The van der Waals surface area contributed by atoms with Crippen molar-refractivity contribution in [3.63, 3.8) is 0 Å². The summed E-state index contributed by atoms with van der Waals surface area (Å²) < 4.78 is 30.5.